The smallest absolute Gasteiger partial charge is 0.0723 e. The van der Waals surface area contributed by atoms with E-state index in [9.17, 15) is 0 Å². The number of benzene rings is 2. The molecule has 3 heteroatoms. The fraction of sp³-hybridized carbons (Fsp3) is 0.286. The summed E-state index contributed by atoms with van der Waals surface area (Å²) in [5.41, 5.74) is 10.7. The number of nitrogens with two attached hydrogens (primary N) is 1. The van der Waals surface area contributed by atoms with Crippen molar-refractivity contribution in [1.29, 1.82) is 0 Å². The first-order valence-corrected chi connectivity index (χ1v) is 8.76. The monoisotopic (exact) mass is 317 g/mol. The van der Waals surface area contributed by atoms with Crippen molar-refractivity contribution in [3.63, 3.8) is 0 Å². The third-order valence-corrected chi connectivity index (χ3v) is 4.98. The van der Waals surface area contributed by atoms with E-state index in [2.05, 4.69) is 58.8 Å². The third-order valence-electron chi connectivity index (χ3n) is 4.98. The Balaban J connectivity index is 1.67. The van der Waals surface area contributed by atoms with Crippen LogP contribution in [0, 0.1) is 0 Å². The SMILES string of the molecule is NC1CCC(Nc2ccnc3ccc(-c4ccccc4)cc23)CC1. The van der Waals surface area contributed by atoms with Crippen LogP contribution in [0.15, 0.2) is 60.8 Å². The number of hydrogen-bond acceptors (Lipinski definition) is 3. The Hall–Kier alpha value is -2.39. The van der Waals surface area contributed by atoms with Crippen molar-refractivity contribution in [2.45, 2.75) is 37.8 Å². The Labute approximate surface area is 142 Å². The van der Waals surface area contributed by atoms with E-state index in [4.69, 9.17) is 5.73 Å². The van der Waals surface area contributed by atoms with Crippen molar-refractivity contribution < 1.29 is 0 Å². The minimum Gasteiger partial charge on any atom is -0.382 e. The van der Waals surface area contributed by atoms with Gasteiger partial charge in [-0.3, -0.25) is 4.98 Å². The summed E-state index contributed by atoms with van der Waals surface area (Å²) >= 11 is 0. The first-order chi connectivity index (χ1) is 11.8. The van der Waals surface area contributed by atoms with Gasteiger partial charge in [0.25, 0.3) is 0 Å². The molecule has 0 saturated heterocycles. The zero-order valence-corrected chi connectivity index (χ0v) is 13.8. The van der Waals surface area contributed by atoms with E-state index in [0.717, 1.165) is 31.2 Å². The number of fused-ring (bicyclic) bond motifs is 1. The van der Waals surface area contributed by atoms with Gasteiger partial charge >= 0.3 is 0 Å². The minimum absolute atomic E-state index is 0.377. The fourth-order valence-electron chi connectivity index (χ4n) is 3.57. The van der Waals surface area contributed by atoms with Crippen LogP contribution in [0.1, 0.15) is 25.7 Å². The normalized spacial score (nSPS) is 20.9. The summed E-state index contributed by atoms with van der Waals surface area (Å²) < 4.78 is 0. The largest absolute Gasteiger partial charge is 0.382 e. The quantitative estimate of drug-likeness (QED) is 0.743. The molecule has 24 heavy (non-hydrogen) atoms. The molecule has 0 aliphatic heterocycles. The van der Waals surface area contributed by atoms with E-state index in [1.165, 1.54) is 22.2 Å². The molecule has 3 N–H and O–H groups in total. The number of rotatable bonds is 3. The third kappa shape index (κ3) is 3.13. The minimum atomic E-state index is 0.377. The lowest BCUT2D eigenvalue weighted by atomic mass is 9.91. The molecule has 1 heterocycles. The molecule has 3 nitrogen and oxygen atoms in total. The number of aromatic nitrogens is 1. The Kier molecular flexibility index (Phi) is 4.18. The molecule has 122 valence electrons. The van der Waals surface area contributed by atoms with Crippen LogP contribution < -0.4 is 11.1 Å². The number of nitrogens with one attached hydrogen (secondary N) is 1. The number of pyridine rings is 1. The van der Waals surface area contributed by atoms with E-state index in [1.807, 2.05) is 12.3 Å². The second kappa shape index (κ2) is 6.62. The maximum Gasteiger partial charge on any atom is 0.0723 e. The predicted molar refractivity (Wildman–Crippen MR) is 101 cm³/mol. The summed E-state index contributed by atoms with van der Waals surface area (Å²) in [6.45, 7) is 0. The van der Waals surface area contributed by atoms with Gasteiger partial charge in [0.2, 0.25) is 0 Å². The number of hydrogen-bond donors (Lipinski definition) is 2. The number of anilines is 1. The molecule has 1 saturated carbocycles. The van der Waals surface area contributed by atoms with Crippen molar-refractivity contribution in [2.75, 3.05) is 5.32 Å². The summed E-state index contributed by atoms with van der Waals surface area (Å²) in [6, 6.07) is 20.0. The molecule has 0 unspecified atom stereocenters. The lowest BCUT2D eigenvalue weighted by Crippen LogP contribution is -2.32. The Morgan fingerprint density at radius 1 is 0.875 bits per heavy atom. The van der Waals surface area contributed by atoms with Crippen LogP contribution in [0.5, 0.6) is 0 Å². The maximum absolute atomic E-state index is 6.03. The van der Waals surface area contributed by atoms with Crippen LogP contribution in [0.2, 0.25) is 0 Å². The summed E-state index contributed by atoms with van der Waals surface area (Å²) in [7, 11) is 0. The molecule has 0 amide bonds. The van der Waals surface area contributed by atoms with Crippen molar-refractivity contribution in [3.05, 3.63) is 60.8 Å². The standard InChI is InChI=1S/C21H23N3/c22-17-7-9-18(10-8-17)24-21-12-13-23-20-11-6-16(14-19(20)21)15-4-2-1-3-5-15/h1-6,11-14,17-18H,7-10,22H2,(H,23,24). The van der Waals surface area contributed by atoms with E-state index in [1.54, 1.807) is 0 Å². The van der Waals surface area contributed by atoms with Gasteiger partial charge in [-0.25, -0.2) is 0 Å². The molecule has 0 atom stereocenters. The van der Waals surface area contributed by atoms with Gasteiger partial charge in [-0.1, -0.05) is 36.4 Å². The van der Waals surface area contributed by atoms with Gasteiger partial charge in [0.1, 0.15) is 0 Å². The predicted octanol–water partition coefficient (Wildman–Crippen LogP) is 4.58. The van der Waals surface area contributed by atoms with E-state index in [0.29, 0.717) is 12.1 Å². The van der Waals surface area contributed by atoms with Crippen LogP contribution in [-0.2, 0) is 0 Å². The van der Waals surface area contributed by atoms with Crippen LogP contribution in [0.25, 0.3) is 22.0 Å². The van der Waals surface area contributed by atoms with E-state index in [-0.39, 0.29) is 0 Å². The Morgan fingerprint density at radius 3 is 2.46 bits per heavy atom. The van der Waals surface area contributed by atoms with E-state index >= 15 is 0 Å². The Morgan fingerprint density at radius 2 is 1.67 bits per heavy atom. The van der Waals surface area contributed by atoms with Gasteiger partial charge in [-0.05, 0) is 55.0 Å². The van der Waals surface area contributed by atoms with Crippen molar-refractivity contribution in [3.8, 4) is 11.1 Å². The molecule has 1 aliphatic carbocycles. The molecule has 4 rings (SSSR count). The molecule has 0 bridgehead atoms. The Bertz CT molecular complexity index is 821. The highest BCUT2D eigenvalue weighted by molar-refractivity contribution is 5.94. The summed E-state index contributed by atoms with van der Waals surface area (Å²) in [4.78, 5) is 4.52. The molecule has 3 aromatic rings. The zero-order chi connectivity index (χ0) is 16.4. The van der Waals surface area contributed by atoms with Gasteiger partial charge < -0.3 is 11.1 Å². The molecule has 1 fully saturated rings. The highest BCUT2D eigenvalue weighted by Crippen LogP contribution is 2.30. The molecular weight excluding hydrogens is 294 g/mol. The van der Waals surface area contributed by atoms with Crippen molar-refractivity contribution >= 4 is 16.6 Å². The highest BCUT2D eigenvalue weighted by atomic mass is 14.9. The molecule has 0 spiro atoms. The van der Waals surface area contributed by atoms with Crippen LogP contribution in [0.3, 0.4) is 0 Å². The lowest BCUT2D eigenvalue weighted by molar-refractivity contribution is 0.411. The molecular formula is C21H23N3. The van der Waals surface area contributed by atoms with Crippen LogP contribution >= 0.6 is 0 Å². The van der Waals surface area contributed by atoms with Crippen molar-refractivity contribution in [2.24, 2.45) is 5.73 Å². The number of nitrogens with zero attached hydrogens (tertiary/aromatic N) is 1. The second-order valence-electron chi connectivity index (χ2n) is 6.71. The average molecular weight is 317 g/mol. The summed E-state index contributed by atoms with van der Waals surface area (Å²) in [5.74, 6) is 0. The van der Waals surface area contributed by atoms with Gasteiger partial charge in [-0.15, -0.1) is 0 Å². The zero-order valence-electron chi connectivity index (χ0n) is 13.8. The molecule has 2 aromatic carbocycles. The first-order valence-electron chi connectivity index (χ1n) is 8.76. The van der Waals surface area contributed by atoms with E-state index < -0.39 is 0 Å². The van der Waals surface area contributed by atoms with Gasteiger partial charge in [-0.2, -0.15) is 0 Å². The fourth-order valence-corrected chi connectivity index (χ4v) is 3.57. The first kappa shape index (κ1) is 15.2. The van der Waals surface area contributed by atoms with Crippen LogP contribution in [-0.4, -0.2) is 17.1 Å². The molecule has 1 aromatic heterocycles. The van der Waals surface area contributed by atoms with Crippen molar-refractivity contribution in [1.82, 2.24) is 4.98 Å². The lowest BCUT2D eigenvalue weighted by Gasteiger charge is -2.28. The topological polar surface area (TPSA) is 50.9 Å². The molecule has 0 radical (unpaired) electrons. The average Bonchev–Trinajstić information content (AvgIpc) is 2.64. The maximum atomic E-state index is 6.03. The second-order valence-corrected chi connectivity index (χ2v) is 6.71. The summed E-state index contributed by atoms with van der Waals surface area (Å²) in [5, 5.41) is 4.92. The molecule has 1 aliphatic rings. The van der Waals surface area contributed by atoms with Gasteiger partial charge in [0, 0.05) is 29.4 Å². The van der Waals surface area contributed by atoms with Gasteiger partial charge in [0.15, 0.2) is 0 Å². The van der Waals surface area contributed by atoms with Crippen LogP contribution in [0.4, 0.5) is 5.69 Å². The van der Waals surface area contributed by atoms with Gasteiger partial charge in [0.05, 0.1) is 5.52 Å². The highest BCUT2D eigenvalue weighted by Gasteiger charge is 2.19. The summed E-state index contributed by atoms with van der Waals surface area (Å²) in [6.07, 6.45) is 6.39.